The fraction of sp³-hybridized carbons (Fsp3) is 0. The van der Waals surface area contributed by atoms with Crippen LogP contribution in [0.4, 0.5) is 17.1 Å². The molecule has 0 radical (unpaired) electrons. The lowest BCUT2D eigenvalue weighted by molar-refractivity contribution is 1.18. The van der Waals surface area contributed by atoms with E-state index in [1.807, 2.05) is 11.3 Å². The summed E-state index contributed by atoms with van der Waals surface area (Å²) in [5.74, 6) is 0. The van der Waals surface area contributed by atoms with Crippen LogP contribution in [0, 0.1) is 0 Å². The molecule has 2 aromatic heterocycles. The summed E-state index contributed by atoms with van der Waals surface area (Å²) in [7, 11) is 0. The predicted octanol–water partition coefficient (Wildman–Crippen LogP) is 12.9. The lowest BCUT2D eigenvalue weighted by Gasteiger charge is -2.26. The Balaban J connectivity index is 1.26. The van der Waals surface area contributed by atoms with Crippen LogP contribution in [-0.2, 0) is 0 Å². The van der Waals surface area contributed by atoms with E-state index in [1.165, 1.54) is 74.9 Å². The fourth-order valence-electron chi connectivity index (χ4n) is 7.34. The second kappa shape index (κ2) is 10.3. The number of anilines is 3. The van der Waals surface area contributed by atoms with Crippen LogP contribution >= 0.6 is 11.3 Å². The number of nitrogens with zero attached hydrogens (tertiary/aromatic N) is 2. The largest absolute Gasteiger partial charge is 0.309 e. The lowest BCUT2D eigenvalue weighted by Crippen LogP contribution is -2.10. The first kappa shape index (κ1) is 26.3. The molecule has 0 aliphatic carbocycles. The van der Waals surface area contributed by atoms with Gasteiger partial charge in [-0.15, -0.1) is 11.3 Å². The molecule has 2 nitrogen and oxygen atoms in total. The Bertz CT molecular complexity index is 2810. The predicted molar refractivity (Wildman–Crippen MR) is 203 cm³/mol. The van der Waals surface area contributed by atoms with E-state index in [-0.39, 0.29) is 0 Å². The van der Waals surface area contributed by atoms with Crippen molar-refractivity contribution in [1.82, 2.24) is 4.57 Å². The van der Waals surface area contributed by atoms with E-state index in [0.29, 0.717) is 0 Å². The van der Waals surface area contributed by atoms with Crippen LogP contribution < -0.4 is 4.90 Å². The molecule has 3 heteroatoms. The van der Waals surface area contributed by atoms with E-state index in [9.17, 15) is 0 Å². The standard InChI is InChI=1S/C44H28N2S/c1-2-15-33(16-3-1)46-40-19-9-8-17-36(40)38-28-35(23-24-41(38)46)45(34-22-21-29-11-4-5-12-30(29)25-34)42-20-10-18-37-39-26-31-13-6-7-14-32(31)27-43(39)47-44(37)42/h1-28H. The maximum atomic E-state index is 2.46. The van der Waals surface area contributed by atoms with Gasteiger partial charge in [0, 0.05) is 43.3 Å². The Kier molecular flexibility index (Phi) is 5.78. The van der Waals surface area contributed by atoms with Gasteiger partial charge in [-0.3, -0.25) is 0 Å². The molecule has 0 fully saturated rings. The number of benzene rings is 8. The van der Waals surface area contributed by atoms with Gasteiger partial charge in [-0.05, 0) is 88.3 Å². The average Bonchev–Trinajstić information content (AvgIpc) is 3.66. The first-order valence-electron chi connectivity index (χ1n) is 16.0. The number of hydrogen-bond acceptors (Lipinski definition) is 2. The Morgan fingerprint density at radius 2 is 1.04 bits per heavy atom. The van der Waals surface area contributed by atoms with Crippen LogP contribution in [0.15, 0.2) is 170 Å². The van der Waals surface area contributed by atoms with E-state index in [1.54, 1.807) is 0 Å². The molecule has 10 rings (SSSR count). The lowest BCUT2D eigenvalue weighted by atomic mass is 10.0. The monoisotopic (exact) mass is 616 g/mol. The van der Waals surface area contributed by atoms with Crippen LogP contribution in [-0.4, -0.2) is 4.57 Å². The van der Waals surface area contributed by atoms with Crippen LogP contribution in [0.5, 0.6) is 0 Å². The third-order valence-electron chi connectivity index (χ3n) is 9.51. The highest BCUT2D eigenvalue weighted by atomic mass is 32.1. The van der Waals surface area contributed by atoms with Gasteiger partial charge in [-0.2, -0.15) is 0 Å². The number of hydrogen-bond donors (Lipinski definition) is 0. The highest BCUT2D eigenvalue weighted by Crippen LogP contribution is 2.47. The SMILES string of the molecule is c1ccc(-n2c3ccccc3c3cc(N(c4ccc5ccccc5c4)c4cccc5c4sc4cc6ccccc6cc45)ccc32)cc1. The van der Waals surface area contributed by atoms with Gasteiger partial charge in [0.15, 0.2) is 0 Å². The van der Waals surface area contributed by atoms with Crippen LogP contribution in [0.3, 0.4) is 0 Å². The second-order valence-electron chi connectivity index (χ2n) is 12.2. The molecule has 0 amide bonds. The summed E-state index contributed by atoms with van der Waals surface area (Å²) in [5.41, 5.74) is 7.05. The molecular formula is C44H28N2S. The molecule has 0 atom stereocenters. The second-order valence-corrected chi connectivity index (χ2v) is 13.3. The van der Waals surface area contributed by atoms with Crippen molar-refractivity contribution in [2.75, 3.05) is 4.90 Å². The van der Waals surface area contributed by atoms with E-state index < -0.39 is 0 Å². The van der Waals surface area contributed by atoms with Gasteiger partial charge >= 0.3 is 0 Å². The summed E-state index contributed by atoms with van der Waals surface area (Å²) in [6, 6.07) is 62.0. The zero-order chi connectivity index (χ0) is 30.9. The molecule has 220 valence electrons. The van der Waals surface area contributed by atoms with Crippen molar-refractivity contribution in [3.63, 3.8) is 0 Å². The summed E-state index contributed by atoms with van der Waals surface area (Å²) in [6.07, 6.45) is 0. The van der Waals surface area contributed by atoms with Crippen molar-refractivity contribution >= 4 is 91.9 Å². The molecule has 0 unspecified atom stereocenters. The number of thiophene rings is 1. The summed E-state index contributed by atoms with van der Waals surface area (Å²) in [5, 5.41) is 10.1. The average molecular weight is 617 g/mol. The minimum absolute atomic E-state index is 1.14. The van der Waals surface area contributed by atoms with Gasteiger partial charge in [0.25, 0.3) is 0 Å². The van der Waals surface area contributed by atoms with E-state index in [4.69, 9.17) is 0 Å². The van der Waals surface area contributed by atoms with E-state index in [0.717, 1.165) is 11.4 Å². The van der Waals surface area contributed by atoms with Crippen molar-refractivity contribution in [1.29, 1.82) is 0 Å². The molecule has 8 aromatic carbocycles. The summed E-state index contributed by atoms with van der Waals surface area (Å²) < 4.78 is 4.98. The first-order valence-corrected chi connectivity index (χ1v) is 16.8. The minimum atomic E-state index is 1.14. The number of para-hydroxylation sites is 2. The summed E-state index contributed by atoms with van der Waals surface area (Å²) in [4.78, 5) is 2.46. The molecule has 0 aliphatic rings. The van der Waals surface area contributed by atoms with Gasteiger partial charge < -0.3 is 9.47 Å². The van der Waals surface area contributed by atoms with Gasteiger partial charge in [-0.25, -0.2) is 0 Å². The van der Waals surface area contributed by atoms with Gasteiger partial charge in [0.1, 0.15) is 0 Å². The zero-order valence-electron chi connectivity index (χ0n) is 25.5. The van der Waals surface area contributed by atoms with E-state index >= 15 is 0 Å². The minimum Gasteiger partial charge on any atom is -0.309 e. The van der Waals surface area contributed by atoms with Crippen molar-refractivity contribution < 1.29 is 0 Å². The summed E-state index contributed by atoms with van der Waals surface area (Å²) >= 11 is 1.89. The molecular weight excluding hydrogens is 589 g/mol. The normalized spacial score (nSPS) is 11.8. The molecule has 0 N–H and O–H groups in total. The van der Waals surface area contributed by atoms with Gasteiger partial charge in [0.05, 0.1) is 21.4 Å². The Morgan fingerprint density at radius 3 is 1.89 bits per heavy atom. The van der Waals surface area contributed by atoms with E-state index in [2.05, 4.69) is 179 Å². The highest BCUT2D eigenvalue weighted by Gasteiger charge is 2.21. The van der Waals surface area contributed by atoms with Crippen molar-refractivity contribution in [3.05, 3.63) is 170 Å². The van der Waals surface area contributed by atoms with Gasteiger partial charge in [0.2, 0.25) is 0 Å². The van der Waals surface area contributed by atoms with Crippen molar-refractivity contribution in [3.8, 4) is 5.69 Å². The van der Waals surface area contributed by atoms with Crippen LogP contribution in [0.25, 0.3) is 69.2 Å². The van der Waals surface area contributed by atoms with Gasteiger partial charge in [-0.1, -0.05) is 103 Å². The smallest absolute Gasteiger partial charge is 0.0640 e. The highest BCUT2D eigenvalue weighted by molar-refractivity contribution is 7.26. The molecule has 10 aromatic rings. The number of aromatic nitrogens is 1. The molecule has 47 heavy (non-hydrogen) atoms. The quantitative estimate of drug-likeness (QED) is 0.191. The van der Waals surface area contributed by atoms with Crippen LogP contribution in [0.1, 0.15) is 0 Å². The Labute approximate surface area is 276 Å². The number of fused-ring (bicyclic) bond motifs is 8. The molecule has 0 aliphatic heterocycles. The molecule has 0 saturated carbocycles. The van der Waals surface area contributed by atoms with Crippen molar-refractivity contribution in [2.24, 2.45) is 0 Å². The third-order valence-corrected chi connectivity index (χ3v) is 10.7. The maximum Gasteiger partial charge on any atom is 0.0640 e. The maximum absolute atomic E-state index is 2.46. The Hall–Kier alpha value is -5.90. The van der Waals surface area contributed by atoms with Crippen molar-refractivity contribution in [2.45, 2.75) is 0 Å². The summed E-state index contributed by atoms with van der Waals surface area (Å²) in [6.45, 7) is 0. The first-order chi connectivity index (χ1) is 23.3. The molecule has 0 spiro atoms. The number of rotatable bonds is 4. The fourth-order valence-corrected chi connectivity index (χ4v) is 8.58. The third kappa shape index (κ3) is 4.10. The van der Waals surface area contributed by atoms with Crippen LogP contribution in [0.2, 0.25) is 0 Å². The molecule has 2 heterocycles. The molecule has 0 bridgehead atoms. The topological polar surface area (TPSA) is 8.17 Å². The molecule has 0 saturated heterocycles. The Morgan fingerprint density at radius 1 is 0.404 bits per heavy atom. The zero-order valence-corrected chi connectivity index (χ0v) is 26.3.